The summed E-state index contributed by atoms with van der Waals surface area (Å²) >= 11 is 0. The number of aliphatic hydroxyl groups excluding tert-OH is 1. The minimum atomic E-state index is -0.0773. The molecule has 2 N–H and O–H groups in total. The fourth-order valence-corrected chi connectivity index (χ4v) is 2.56. The van der Waals surface area contributed by atoms with Gasteiger partial charge in [0.25, 0.3) is 0 Å². The van der Waals surface area contributed by atoms with Crippen LogP contribution in [0.15, 0.2) is 48.5 Å². The Bertz CT molecular complexity index is 653. The van der Waals surface area contributed by atoms with Gasteiger partial charge in [-0.05, 0) is 35.6 Å². The highest BCUT2D eigenvalue weighted by Crippen LogP contribution is 2.09. The summed E-state index contributed by atoms with van der Waals surface area (Å²) in [6.45, 7) is 5.83. The van der Waals surface area contributed by atoms with Crippen molar-refractivity contribution in [3.63, 3.8) is 0 Å². The molecule has 4 nitrogen and oxygen atoms in total. The van der Waals surface area contributed by atoms with E-state index in [1.807, 2.05) is 31.2 Å². The summed E-state index contributed by atoms with van der Waals surface area (Å²) in [5.41, 5.74) is 4.27. The summed E-state index contributed by atoms with van der Waals surface area (Å²) in [5.74, 6) is 0. The summed E-state index contributed by atoms with van der Waals surface area (Å²) in [4.78, 5) is 14.2. The number of nitrogens with zero attached hydrogens (tertiary/aromatic N) is 1. The van der Waals surface area contributed by atoms with Crippen LogP contribution in [0.3, 0.4) is 0 Å². The van der Waals surface area contributed by atoms with E-state index in [9.17, 15) is 9.90 Å². The van der Waals surface area contributed by atoms with Crippen LogP contribution in [0.25, 0.3) is 0 Å². The Morgan fingerprint density at radius 1 is 1.00 bits per heavy atom. The average molecular weight is 326 g/mol. The van der Waals surface area contributed by atoms with Crippen LogP contribution in [0, 0.1) is 0 Å². The summed E-state index contributed by atoms with van der Waals surface area (Å²) in [7, 11) is 0. The van der Waals surface area contributed by atoms with E-state index < -0.39 is 0 Å². The molecule has 0 aliphatic heterocycles. The Morgan fingerprint density at radius 3 is 2.29 bits per heavy atom. The van der Waals surface area contributed by atoms with Crippen LogP contribution >= 0.6 is 0 Å². The number of nitrogens with one attached hydrogen (secondary N) is 1. The van der Waals surface area contributed by atoms with Crippen molar-refractivity contribution in [2.75, 3.05) is 6.54 Å². The van der Waals surface area contributed by atoms with Gasteiger partial charge in [-0.15, -0.1) is 0 Å². The third-order valence-corrected chi connectivity index (χ3v) is 4.09. The van der Waals surface area contributed by atoms with Gasteiger partial charge >= 0.3 is 6.03 Å². The van der Waals surface area contributed by atoms with Gasteiger partial charge in [0, 0.05) is 19.6 Å². The highest BCUT2D eigenvalue weighted by molar-refractivity contribution is 5.74. The monoisotopic (exact) mass is 326 g/mol. The molecule has 0 bridgehead atoms. The number of hydrogen-bond acceptors (Lipinski definition) is 2. The standard InChI is InChI=1S/C20H26N2O2/c1-3-16-8-10-17(11-9-16)14-22(4-2)20(24)21-13-18-6-5-7-19(12-18)15-23/h5-12,23H,3-4,13-15H2,1-2H3,(H,21,24). The highest BCUT2D eigenvalue weighted by atomic mass is 16.3. The lowest BCUT2D eigenvalue weighted by Crippen LogP contribution is -2.39. The molecular formula is C20H26N2O2. The van der Waals surface area contributed by atoms with Gasteiger partial charge in [0.2, 0.25) is 0 Å². The first-order valence-electron chi connectivity index (χ1n) is 8.45. The molecule has 0 heterocycles. The number of aryl methyl sites for hydroxylation is 1. The zero-order chi connectivity index (χ0) is 17.4. The molecule has 0 atom stereocenters. The van der Waals surface area contributed by atoms with Gasteiger partial charge in [0.1, 0.15) is 0 Å². The molecule has 2 amide bonds. The first-order valence-corrected chi connectivity index (χ1v) is 8.45. The van der Waals surface area contributed by atoms with E-state index in [-0.39, 0.29) is 12.6 Å². The van der Waals surface area contributed by atoms with E-state index in [0.717, 1.165) is 23.1 Å². The van der Waals surface area contributed by atoms with Crippen LogP contribution in [0.4, 0.5) is 4.79 Å². The number of carbonyl (C=O) groups excluding carboxylic acids is 1. The van der Waals surface area contributed by atoms with Gasteiger partial charge in [-0.3, -0.25) is 0 Å². The molecule has 2 aromatic rings. The predicted molar refractivity (Wildman–Crippen MR) is 96.5 cm³/mol. The van der Waals surface area contributed by atoms with Gasteiger partial charge in [-0.25, -0.2) is 4.79 Å². The van der Waals surface area contributed by atoms with Gasteiger partial charge in [0.05, 0.1) is 6.61 Å². The lowest BCUT2D eigenvalue weighted by molar-refractivity contribution is 0.197. The number of rotatable bonds is 7. The molecule has 2 rings (SSSR count). The quantitative estimate of drug-likeness (QED) is 0.818. The molecule has 0 saturated heterocycles. The number of aliphatic hydroxyl groups is 1. The van der Waals surface area contributed by atoms with Crippen LogP contribution in [-0.4, -0.2) is 22.6 Å². The Morgan fingerprint density at radius 2 is 1.67 bits per heavy atom. The van der Waals surface area contributed by atoms with Gasteiger partial charge in [-0.1, -0.05) is 55.5 Å². The molecule has 0 radical (unpaired) electrons. The molecule has 0 fully saturated rings. The second-order valence-corrected chi connectivity index (χ2v) is 5.82. The van der Waals surface area contributed by atoms with Crippen molar-refractivity contribution in [3.8, 4) is 0 Å². The topological polar surface area (TPSA) is 52.6 Å². The summed E-state index contributed by atoms with van der Waals surface area (Å²) < 4.78 is 0. The molecule has 4 heteroatoms. The molecule has 0 aromatic heterocycles. The average Bonchev–Trinajstić information content (AvgIpc) is 2.64. The SMILES string of the molecule is CCc1ccc(CN(CC)C(=O)NCc2cccc(CO)c2)cc1. The first-order chi connectivity index (χ1) is 11.7. The fourth-order valence-electron chi connectivity index (χ4n) is 2.56. The minimum absolute atomic E-state index is 0.0105. The molecule has 0 spiro atoms. The Balaban J connectivity index is 1.92. The summed E-state index contributed by atoms with van der Waals surface area (Å²) in [5, 5.41) is 12.1. The van der Waals surface area contributed by atoms with Crippen molar-refractivity contribution in [2.24, 2.45) is 0 Å². The Labute approximate surface area is 144 Å². The number of amides is 2. The zero-order valence-electron chi connectivity index (χ0n) is 14.5. The highest BCUT2D eigenvalue weighted by Gasteiger charge is 2.11. The second-order valence-electron chi connectivity index (χ2n) is 5.82. The lowest BCUT2D eigenvalue weighted by atomic mass is 10.1. The third-order valence-electron chi connectivity index (χ3n) is 4.09. The van der Waals surface area contributed by atoms with Gasteiger partial charge < -0.3 is 15.3 Å². The van der Waals surface area contributed by atoms with E-state index in [2.05, 4.69) is 36.5 Å². The van der Waals surface area contributed by atoms with Crippen LogP contribution < -0.4 is 5.32 Å². The maximum absolute atomic E-state index is 12.4. The normalized spacial score (nSPS) is 10.5. The summed E-state index contributed by atoms with van der Waals surface area (Å²) in [6.07, 6.45) is 1.02. The van der Waals surface area contributed by atoms with E-state index in [0.29, 0.717) is 19.6 Å². The molecule has 128 valence electrons. The maximum atomic E-state index is 12.4. The number of benzene rings is 2. The van der Waals surface area contributed by atoms with Crippen LogP contribution in [0.2, 0.25) is 0 Å². The van der Waals surface area contributed by atoms with Crippen LogP contribution in [0.5, 0.6) is 0 Å². The van der Waals surface area contributed by atoms with Crippen molar-refractivity contribution < 1.29 is 9.90 Å². The number of carbonyl (C=O) groups is 1. The molecule has 2 aromatic carbocycles. The fraction of sp³-hybridized carbons (Fsp3) is 0.350. The van der Waals surface area contributed by atoms with Crippen molar-refractivity contribution in [1.29, 1.82) is 0 Å². The van der Waals surface area contributed by atoms with Crippen LogP contribution in [-0.2, 0) is 26.1 Å². The minimum Gasteiger partial charge on any atom is -0.392 e. The van der Waals surface area contributed by atoms with Crippen LogP contribution in [0.1, 0.15) is 36.1 Å². The van der Waals surface area contributed by atoms with Crippen molar-refractivity contribution in [3.05, 3.63) is 70.8 Å². The Hall–Kier alpha value is -2.33. The predicted octanol–water partition coefficient (Wildman–Crippen LogP) is 3.47. The third kappa shape index (κ3) is 5.10. The molecule has 24 heavy (non-hydrogen) atoms. The largest absolute Gasteiger partial charge is 0.392 e. The molecule has 0 aliphatic carbocycles. The van der Waals surface area contributed by atoms with Gasteiger partial charge in [-0.2, -0.15) is 0 Å². The van der Waals surface area contributed by atoms with Crippen molar-refractivity contribution in [2.45, 2.75) is 40.0 Å². The van der Waals surface area contributed by atoms with E-state index in [1.54, 1.807) is 4.90 Å². The zero-order valence-corrected chi connectivity index (χ0v) is 14.5. The molecule has 0 unspecified atom stereocenters. The Kier molecular flexibility index (Phi) is 6.82. The lowest BCUT2D eigenvalue weighted by Gasteiger charge is -2.22. The summed E-state index contributed by atoms with van der Waals surface area (Å²) in [6, 6.07) is 15.9. The molecule has 0 aliphatic rings. The van der Waals surface area contributed by atoms with Crippen molar-refractivity contribution >= 4 is 6.03 Å². The van der Waals surface area contributed by atoms with Gasteiger partial charge in [0.15, 0.2) is 0 Å². The smallest absolute Gasteiger partial charge is 0.317 e. The molecular weight excluding hydrogens is 300 g/mol. The number of urea groups is 1. The first kappa shape index (κ1) is 18.0. The van der Waals surface area contributed by atoms with E-state index in [1.165, 1.54) is 5.56 Å². The van der Waals surface area contributed by atoms with E-state index >= 15 is 0 Å². The molecule has 0 saturated carbocycles. The van der Waals surface area contributed by atoms with Crippen molar-refractivity contribution in [1.82, 2.24) is 10.2 Å². The number of hydrogen-bond donors (Lipinski definition) is 2. The second kappa shape index (κ2) is 9.08. The maximum Gasteiger partial charge on any atom is 0.317 e. The van der Waals surface area contributed by atoms with E-state index in [4.69, 9.17) is 0 Å².